The number of nitrogens with one attached hydrogen (secondary N) is 1. The lowest BCUT2D eigenvalue weighted by Gasteiger charge is -2.10. The Labute approximate surface area is 116 Å². The maximum Gasteiger partial charge on any atom is 0.179 e. The van der Waals surface area contributed by atoms with Crippen LogP contribution in [-0.2, 0) is 11.3 Å². The fraction of sp³-hybridized carbons (Fsp3) is 0.357. The molecule has 1 aromatic heterocycles. The highest BCUT2D eigenvalue weighted by molar-refractivity contribution is 8.02. The fourth-order valence-electron chi connectivity index (χ4n) is 1.72. The van der Waals surface area contributed by atoms with Gasteiger partial charge in [-0.05, 0) is 30.7 Å². The summed E-state index contributed by atoms with van der Waals surface area (Å²) >= 11 is 1.40. The van der Waals surface area contributed by atoms with Gasteiger partial charge in [-0.3, -0.25) is 9.78 Å². The van der Waals surface area contributed by atoms with Crippen LogP contribution in [0.15, 0.2) is 35.1 Å². The summed E-state index contributed by atoms with van der Waals surface area (Å²) in [7, 11) is 0. The van der Waals surface area contributed by atoms with Crippen LogP contribution in [0.2, 0.25) is 0 Å². The molecule has 0 aromatic carbocycles. The van der Waals surface area contributed by atoms with E-state index in [4.69, 9.17) is 0 Å². The molecule has 0 aliphatic heterocycles. The Bertz CT molecular complexity index is 529. The summed E-state index contributed by atoms with van der Waals surface area (Å²) < 4.78 is 0. The lowest BCUT2D eigenvalue weighted by molar-refractivity contribution is -0.116. The van der Waals surface area contributed by atoms with E-state index < -0.39 is 0 Å². The Hall–Kier alpha value is -1.80. The van der Waals surface area contributed by atoms with Crippen molar-refractivity contribution in [1.29, 1.82) is 5.26 Å². The number of rotatable bonds is 6. The number of aromatic nitrogens is 1. The van der Waals surface area contributed by atoms with Crippen LogP contribution in [0.3, 0.4) is 0 Å². The molecule has 1 aliphatic carbocycles. The van der Waals surface area contributed by atoms with Gasteiger partial charge in [0, 0.05) is 24.9 Å². The second kappa shape index (κ2) is 6.39. The SMILES string of the molecule is CS/C(NCc1cccnc1)=C(\C#N)C(=O)C1CC1. The summed E-state index contributed by atoms with van der Waals surface area (Å²) in [5, 5.41) is 13.0. The highest BCUT2D eigenvalue weighted by atomic mass is 32.2. The summed E-state index contributed by atoms with van der Waals surface area (Å²) in [4.78, 5) is 16.0. The molecule has 0 spiro atoms. The molecule has 0 amide bonds. The molecule has 1 saturated carbocycles. The predicted molar refractivity (Wildman–Crippen MR) is 75.0 cm³/mol. The number of hydrogen-bond acceptors (Lipinski definition) is 5. The first-order valence-electron chi connectivity index (χ1n) is 6.11. The molecule has 0 radical (unpaired) electrons. The van der Waals surface area contributed by atoms with Crippen molar-refractivity contribution in [3.8, 4) is 6.07 Å². The Balaban J connectivity index is 2.09. The number of carbonyl (C=O) groups is 1. The Morgan fingerprint density at radius 1 is 1.63 bits per heavy atom. The van der Waals surface area contributed by atoms with Gasteiger partial charge in [-0.1, -0.05) is 6.07 Å². The zero-order valence-electron chi connectivity index (χ0n) is 10.7. The number of carbonyl (C=O) groups excluding carboxylic acids is 1. The van der Waals surface area contributed by atoms with Crippen LogP contribution in [0.1, 0.15) is 18.4 Å². The average molecular weight is 273 g/mol. The van der Waals surface area contributed by atoms with Crippen molar-refractivity contribution < 1.29 is 4.79 Å². The van der Waals surface area contributed by atoms with Gasteiger partial charge < -0.3 is 5.32 Å². The molecular formula is C14H15N3OS. The van der Waals surface area contributed by atoms with E-state index in [9.17, 15) is 10.1 Å². The van der Waals surface area contributed by atoms with Gasteiger partial charge in [0.2, 0.25) is 0 Å². The van der Waals surface area contributed by atoms with Gasteiger partial charge in [-0.2, -0.15) is 5.26 Å². The molecule has 1 fully saturated rings. The van der Waals surface area contributed by atoms with Crippen LogP contribution in [0.5, 0.6) is 0 Å². The average Bonchev–Trinajstić information content (AvgIpc) is 3.28. The molecule has 0 bridgehead atoms. The number of nitrogens with zero attached hydrogens (tertiary/aromatic N) is 2. The lowest BCUT2D eigenvalue weighted by atomic mass is 10.1. The van der Waals surface area contributed by atoms with Gasteiger partial charge in [-0.25, -0.2) is 0 Å². The molecule has 0 saturated heterocycles. The molecule has 4 nitrogen and oxygen atoms in total. The van der Waals surface area contributed by atoms with Crippen LogP contribution in [0.25, 0.3) is 0 Å². The second-order valence-corrected chi connectivity index (χ2v) is 5.19. The molecule has 1 N–H and O–H groups in total. The Morgan fingerprint density at radius 3 is 2.95 bits per heavy atom. The quantitative estimate of drug-likeness (QED) is 0.636. The molecule has 0 unspecified atom stereocenters. The zero-order valence-corrected chi connectivity index (χ0v) is 11.5. The lowest BCUT2D eigenvalue weighted by Crippen LogP contribution is -2.16. The van der Waals surface area contributed by atoms with E-state index in [0.717, 1.165) is 18.4 Å². The highest BCUT2D eigenvalue weighted by Crippen LogP contribution is 2.33. The summed E-state index contributed by atoms with van der Waals surface area (Å²) in [6.07, 6.45) is 7.16. The van der Waals surface area contributed by atoms with E-state index in [1.54, 1.807) is 12.4 Å². The highest BCUT2D eigenvalue weighted by Gasteiger charge is 2.33. The van der Waals surface area contributed by atoms with Gasteiger partial charge in [0.15, 0.2) is 5.78 Å². The van der Waals surface area contributed by atoms with E-state index in [-0.39, 0.29) is 17.3 Å². The van der Waals surface area contributed by atoms with Crippen molar-refractivity contribution in [3.63, 3.8) is 0 Å². The third-order valence-corrected chi connectivity index (χ3v) is 3.67. The van der Waals surface area contributed by atoms with Crippen molar-refractivity contribution >= 4 is 17.5 Å². The first kappa shape index (κ1) is 13.6. The Kier molecular flexibility index (Phi) is 4.58. The molecule has 0 atom stereocenters. The van der Waals surface area contributed by atoms with Crippen LogP contribution in [0.4, 0.5) is 0 Å². The van der Waals surface area contributed by atoms with E-state index >= 15 is 0 Å². The maximum absolute atomic E-state index is 12.0. The summed E-state index contributed by atoms with van der Waals surface area (Å²) in [6.45, 7) is 0.563. The largest absolute Gasteiger partial charge is 0.375 e. The molecular weight excluding hydrogens is 258 g/mol. The van der Waals surface area contributed by atoms with Gasteiger partial charge in [0.25, 0.3) is 0 Å². The number of Topliss-reactive ketones (excluding diaryl/α,β-unsaturated/α-hetero) is 1. The minimum absolute atomic E-state index is 0.0227. The summed E-state index contributed by atoms with van der Waals surface area (Å²) in [6, 6.07) is 5.85. The normalized spacial score (nSPS) is 15.4. The molecule has 1 aliphatic rings. The topological polar surface area (TPSA) is 65.8 Å². The fourth-order valence-corrected chi connectivity index (χ4v) is 2.28. The number of allylic oxidation sites excluding steroid dienone is 1. The van der Waals surface area contributed by atoms with Crippen LogP contribution in [-0.4, -0.2) is 17.0 Å². The number of ketones is 1. The third-order valence-electron chi connectivity index (χ3n) is 2.91. The van der Waals surface area contributed by atoms with Crippen molar-refractivity contribution in [2.24, 2.45) is 5.92 Å². The molecule has 1 heterocycles. The molecule has 19 heavy (non-hydrogen) atoms. The van der Waals surface area contributed by atoms with Crippen molar-refractivity contribution in [1.82, 2.24) is 10.3 Å². The van der Waals surface area contributed by atoms with E-state index in [1.165, 1.54) is 11.8 Å². The first-order valence-corrected chi connectivity index (χ1v) is 7.34. The maximum atomic E-state index is 12.0. The van der Waals surface area contributed by atoms with Crippen LogP contribution in [0, 0.1) is 17.2 Å². The van der Waals surface area contributed by atoms with Crippen molar-refractivity contribution in [3.05, 3.63) is 40.7 Å². The summed E-state index contributed by atoms with van der Waals surface area (Å²) in [5.41, 5.74) is 1.28. The van der Waals surface area contributed by atoms with E-state index in [0.29, 0.717) is 11.6 Å². The van der Waals surface area contributed by atoms with Crippen molar-refractivity contribution in [2.45, 2.75) is 19.4 Å². The zero-order chi connectivity index (χ0) is 13.7. The van der Waals surface area contributed by atoms with E-state index in [1.807, 2.05) is 24.5 Å². The Morgan fingerprint density at radius 2 is 2.42 bits per heavy atom. The predicted octanol–water partition coefficient (Wildman–Crippen LogP) is 2.25. The molecule has 2 rings (SSSR count). The second-order valence-electron chi connectivity index (χ2n) is 4.37. The smallest absolute Gasteiger partial charge is 0.179 e. The van der Waals surface area contributed by atoms with E-state index in [2.05, 4.69) is 10.3 Å². The molecule has 1 aromatic rings. The van der Waals surface area contributed by atoms with Crippen LogP contribution < -0.4 is 5.32 Å². The van der Waals surface area contributed by atoms with Gasteiger partial charge in [-0.15, -0.1) is 11.8 Å². The number of thioether (sulfide) groups is 1. The minimum atomic E-state index is -0.0227. The minimum Gasteiger partial charge on any atom is -0.375 e. The summed E-state index contributed by atoms with van der Waals surface area (Å²) in [5.74, 6) is 0.0440. The van der Waals surface area contributed by atoms with Gasteiger partial charge in [0.1, 0.15) is 11.6 Å². The monoisotopic (exact) mass is 273 g/mol. The van der Waals surface area contributed by atoms with Gasteiger partial charge in [0.05, 0.1) is 5.03 Å². The number of pyridine rings is 1. The van der Waals surface area contributed by atoms with Crippen molar-refractivity contribution in [2.75, 3.05) is 6.26 Å². The molecule has 98 valence electrons. The van der Waals surface area contributed by atoms with Crippen LogP contribution >= 0.6 is 11.8 Å². The standard InChI is InChI=1S/C14H15N3OS/c1-19-14(12(7-15)13(18)11-4-5-11)17-9-10-3-2-6-16-8-10/h2-3,6,8,11,17H,4-5,9H2,1H3/b14-12+. The molecule has 5 heteroatoms. The third kappa shape index (κ3) is 3.58. The van der Waals surface area contributed by atoms with Gasteiger partial charge >= 0.3 is 0 Å². The number of hydrogen-bond donors (Lipinski definition) is 1. The first-order chi connectivity index (χ1) is 9.26. The number of nitriles is 1.